The molecule has 2 bridgehead atoms. The van der Waals surface area contributed by atoms with E-state index in [0.717, 1.165) is 0 Å². The van der Waals surface area contributed by atoms with Crippen molar-refractivity contribution in [1.82, 2.24) is 0 Å². The van der Waals surface area contributed by atoms with Gasteiger partial charge in [0.25, 0.3) is 0 Å². The Labute approximate surface area is 136 Å². The van der Waals surface area contributed by atoms with Crippen LogP contribution in [0.5, 0.6) is 0 Å². The van der Waals surface area contributed by atoms with Gasteiger partial charge in [0.15, 0.2) is 0 Å². The summed E-state index contributed by atoms with van der Waals surface area (Å²) in [7, 11) is 0. The van der Waals surface area contributed by atoms with Crippen LogP contribution in [0.1, 0.15) is 47.9 Å². The van der Waals surface area contributed by atoms with Crippen molar-refractivity contribution in [2.24, 2.45) is 0 Å². The number of rotatable bonds is 0. The molecule has 1 heteroatoms. The molecule has 110 valence electrons. The zero-order chi connectivity index (χ0) is 14.5. The maximum absolute atomic E-state index is 3.75. The molecule has 0 spiro atoms. The molecule has 2 aliphatic carbocycles. The second kappa shape index (κ2) is 7.26. The van der Waals surface area contributed by atoms with Crippen LogP contribution >= 0.6 is 15.9 Å². The van der Waals surface area contributed by atoms with E-state index in [0.29, 0.717) is 0 Å². The second-order valence-electron chi connectivity index (χ2n) is 6.11. The zero-order valence-corrected chi connectivity index (χ0v) is 14.2. The Morgan fingerprint density at radius 2 is 1.19 bits per heavy atom. The number of benzene rings is 2. The minimum Gasteiger partial charge on any atom is -0.0620 e. The lowest BCUT2D eigenvalue weighted by atomic mass is 9.94. The maximum Gasteiger partial charge on any atom is 0.0210 e. The Bertz CT molecular complexity index is 601. The van der Waals surface area contributed by atoms with E-state index < -0.39 is 0 Å². The van der Waals surface area contributed by atoms with E-state index in [1.807, 2.05) is 0 Å². The van der Waals surface area contributed by atoms with Gasteiger partial charge in [-0.05, 0) is 79.7 Å². The van der Waals surface area contributed by atoms with Crippen molar-refractivity contribution in [2.45, 2.75) is 51.4 Å². The largest absolute Gasteiger partial charge is 0.0620 e. The van der Waals surface area contributed by atoms with Gasteiger partial charge in [0.1, 0.15) is 0 Å². The van der Waals surface area contributed by atoms with E-state index >= 15 is 0 Å². The van der Waals surface area contributed by atoms with Crippen LogP contribution in [0.4, 0.5) is 0 Å². The molecule has 0 saturated carbocycles. The third-order valence-electron chi connectivity index (χ3n) is 4.54. The lowest BCUT2D eigenvalue weighted by molar-refractivity contribution is 0.702. The summed E-state index contributed by atoms with van der Waals surface area (Å²) in [5, 5.41) is 0. The van der Waals surface area contributed by atoms with Gasteiger partial charge in [0, 0.05) is 4.47 Å². The predicted molar refractivity (Wildman–Crippen MR) is 93.9 cm³/mol. The van der Waals surface area contributed by atoms with Gasteiger partial charge in [-0.2, -0.15) is 0 Å². The van der Waals surface area contributed by atoms with Crippen molar-refractivity contribution < 1.29 is 0 Å². The summed E-state index contributed by atoms with van der Waals surface area (Å²) in [4.78, 5) is 0. The van der Waals surface area contributed by atoms with Crippen molar-refractivity contribution in [3.63, 3.8) is 0 Å². The lowest BCUT2D eigenvalue weighted by Crippen LogP contribution is -1.98. The molecule has 0 radical (unpaired) electrons. The van der Waals surface area contributed by atoms with Gasteiger partial charge < -0.3 is 0 Å². The van der Waals surface area contributed by atoms with Crippen LogP contribution in [0.15, 0.2) is 46.9 Å². The highest BCUT2D eigenvalue weighted by molar-refractivity contribution is 9.10. The standard InChI is InChI=1S/C20H23Br/c21-20-15-16-7-1-2-8-17-9-3-4-10-18(17)11-5-6-12-19(20)14-13-16/h3-4,9-10,13-15H,1-2,5-8,11-12H2. The molecule has 0 nitrogen and oxygen atoms in total. The van der Waals surface area contributed by atoms with E-state index in [9.17, 15) is 0 Å². The number of hydrogen-bond acceptors (Lipinski definition) is 0. The molecule has 21 heavy (non-hydrogen) atoms. The predicted octanol–water partition coefficient (Wildman–Crippen LogP) is 5.89. The Balaban J connectivity index is 1.77. The highest BCUT2D eigenvalue weighted by Crippen LogP contribution is 2.23. The average Bonchev–Trinajstić information content (AvgIpc) is 2.50. The summed E-state index contributed by atoms with van der Waals surface area (Å²) in [6.07, 6.45) is 9.96. The van der Waals surface area contributed by atoms with E-state index in [1.165, 1.54) is 67.0 Å². The summed E-state index contributed by atoms with van der Waals surface area (Å²) in [6, 6.07) is 16.0. The van der Waals surface area contributed by atoms with Gasteiger partial charge in [0.2, 0.25) is 0 Å². The fraction of sp³-hybridized carbons (Fsp3) is 0.400. The quantitative estimate of drug-likeness (QED) is 0.559. The van der Waals surface area contributed by atoms with Crippen molar-refractivity contribution >= 4 is 15.9 Å². The van der Waals surface area contributed by atoms with E-state index in [4.69, 9.17) is 0 Å². The molecular formula is C20H23Br. The molecule has 0 fully saturated rings. The Morgan fingerprint density at radius 3 is 1.81 bits per heavy atom. The topological polar surface area (TPSA) is 0 Å². The average molecular weight is 343 g/mol. The Kier molecular flexibility index (Phi) is 5.13. The van der Waals surface area contributed by atoms with Gasteiger partial charge in [-0.25, -0.2) is 0 Å². The van der Waals surface area contributed by atoms with E-state index in [2.05, 4.69) is 58.4 Å². The molecule has 2 aromatic rings. The first kappa shape index (κ1) is 14.8. The van der Waals surface area contributed by atoms with Crippen LogP contribution in [0.25, 0.3) is 0 Å². The van der Waals surface area contributed by atoms with Gasteiger partial charge in [0.05, 0.1) is 0 Å². The zero-order valence-electron chi connectivity index (χ0n) is 12.6. The second-order valence-corrected chi connectivity index (χ2v) is 6.96. The van der Waals surface area contributed by atoms with Gasteiger partial charge >= 0.3 is 0 Å². The first-order valence-corrected chi connectivity index (χ1v) is 8.96. The molecule has 0 atom stereocenters. The number of aryl methyl sites for hydroxylation is 4. The van der Waals surface area contributed by atoms with Crippen LogP contribution in [-0.4, -0.2) is 0 Å². The van der Waals surface area contributed by atoms with Crippen LogP contribution in [-0.2, 0) is 25.7 Å². The third kappa shape index (κ3) is 3.97. The molecule has 4 rings (SSSR count). The van der Waals surface area contributed by atoms with Gasteiger partial charge in [-0.3, -0.25) is 0 Å². The number of halogens is 1. The van der Waals surface area contributed by atoms with Crippen molar-refractivity contribution in [2.75, 3.05) is 0 Å². The molecule has 2 aliphatic rings. The van der Waals surface area contributed by atoms with Crippen LogP contribution in [0, 0.1) is 0 Å². The molecule has 0 amide bonds. The SMILES string of the molecule is Brc1cc2ccc1CCCCc1ccccc1CCCC2. The molecule has 0 saturated heterocycles. The molecule has 0 N–H and O–H groups in total. The highest BCUT2D eigenvalue weighted by Gasteiger charge is 2.06. The smallest absolute Gasteiger partial charge is 0.0210 e. The van der Waals surface area contributed by atoms with Crippen LogP contribution in [0.3, 0.4) is 0 Å². The monoisotopic (exact) mass is 342 g/mol. The minimum atomic E-state index is 1.18. The number of hydrogen-bond donors (Lipinski definition) is 0. The first-order chi connectivity index (χ1) is 10.3. The maximum atomic E-state index is 3.75. The normalized spacial score (nSPS) is 16.2. The molecule has 2 aromatic carbocycles. The third-order valence-corrected chi connectivity index (χ3v) is 5.28. The Hall–Kier alpha value is -1.08. The molecule has 0 aliphatic heterocycles. The molecule has 0 aromatic heterocycles. The summed E-state index contributed by atoms with van der Waals surface area (Å²) in [5.74, 6) is 0. The summed E-state index contributed by atoms with van der Waals surface area (Å²) >= 11 is 3.75. The van der Waals surface area contributed by atoms with Crippen LogP contribution < -0.4 is 0 Å². The fourth-order valence-corrected chi connectivity index (χ4v) is 3.89. The van der Waals surface area contributed by atoms with E-state index in [1.54, 1.807) is 11.1 Å². The fourth-order valence-electron chi connectivity index (χ4n) is 3.27. The summed E-state index contributed by atoms with van der Waals surface area (Å²) < 4.78 is 1.30. The Morgan fingerprint density at radius 1 is 0.619 bits per heavy atom. The van der Waals surface area contributed by atoms with Crippen molar-refractivity contribution in [3.8, 4) is 0 Å². The molecule has 0 heterocycles. The minimum absolute atomic E-state index is 1.18. The van der Waals surface area contributed by atoms with Gasteiger partial charge in [-0.15, -0.1) is 0 Å². The van der Waals surface area contributed by atoms with Crippen molar-refractivity contribution in [3.05, 3.63) is 69.2 Å². The lowest BCUT2D eigenvalue weighted by Gasteiger charge is -2.12. The molecular weight excluding hydrogens is 320 g/mol. The summed E-state index contributed by atoms with van der Waals surface area (Å²) in [5.41, 5.74) is 6.08. The first-order valence-electron chi connectivity index (χ1n) is 8.17. The highest BCUT2D eigenvalue weighted by atomic mass is 79.9. The summed E-state index contributed by atoms with van der Waals surface area (Å²) in [6.45, 7) is 0. The van der Waals surface area contributed by atoms with E-state index in [-0.39, 0.29) is 0 Å². The number of fused-ring (bicyclic) bond motifs is 8. The van der Waals surface area contributed by atoms with Crippen molar-refractivity contribution in [1.29, 1.82) is 0 Å². The van der Waals surface area contributed by atoms with Crippen LogP contribution in [0.2, 0.25) is 0 Å². The molecule has 0 unspecified atom stereocenters. The van der Waals surface area contributed by atoms with Gasteiger partial charge in [-0.1, -0.05) is 52.3 Å².